The van der Waals surface area contributed by atoms with Crippen LogP contribution < -0.4 is 15.0 Å². The third-order valence-electron chi connectivity index (χ3n) is 6.44. The molecule has 31 heavy (non-hydrogen) atoms. The molecule has 3 aromatic rings. The molecule has 0 atom stereocenters. The van der Waals surface area contributed by atoms with Crippen LogP contribution in [0.1, 0.15) is 51.9 Å². The Morgan fingerprint density at radius 3 is 2.55 bits per heavy atom. The van der Waals surface area contributed by atoms with Crippen molar-refractivity contribution in [2.75, 3.05) is 11.9 Å². The van der Waals surface area contributed by atoms with Gasteiger partial charge in [-0.05, 0) is 65.2 Å². The quantitative estimate of drug-likeness (QED) is 0.593. The van der Waals surface area contributed by atoms with Gasteiger partial charge in [0.15, 0.2) is 5.13 Å². The van der Waals surface area contributed by atoms with Crippen LogP contribution in [0.5, 0.6) is 5.75 Å². The van der Waals surface area contributed by atoms with E-state index in [0.717, 1.165) is 51.8 Å². The number of piperidine rings is 1. The van der Waals surface area contributed by atoms with Crippen LogP contribution in [0.25, 0.3) is 21.6 Å². The summed E-state index contributed by atoms with van der Waals surface area (Å²) in [7, 11) is 2.19. The Bertz CT molecular complexity index is 1110. The van der Waals surface area contributed by atoms with Crippen LogP contribution in [-0.2, 0) is 6.61 Å². The number of nitrogens with zero attached hydrogens (tertiary/aromatic N) is 3. The molecule has 1 aromatic carbocycles. The molecule has 2 aromatic heterocycles. The first kappa shape index (κ1) is 20.5. The van der Waals surface area contributed by atoms with Crippen LogP contribution in [0.4, 0.5) is 5.13 Å². The van der Waals surface area contributed by atoms with E-state index in [2.05, 4.69) is 73.4 Å². The minimum absolute atomic E-state index is 0.106. The van der Waals surface area contributed by atoms with E-state index in [0.29, 0.717) is 12.6 Å². The zero-order valence-electron chi connectivity index (χ0n) is 19.2. The van der Waals surface area contributed by atoms with Crippen molar-refractivity contribution < 1.29 is 4.74 Å². The molecule has 7 heteroatoms. The first-order chi connectivity index (χ1) is 14.6. The van der Waals surface area contributed by atoms with Crippen molar-refractivity contribution >= 4 is 16.5 Å². The number of anilines is 1. The van der Waals surface area contributed by atoms with Crippen LogP contribution in [0.3, 0.4) is 0 Å². The highest BCUT2D eigenvalue weighted by Gasteiger charge is 2.40. The van der Waals surface area contributed by atoms with Crippen LogP contribution >= 0.6 is 11.3 Å². The highest BCUT2D eigenvalue weighted by Crippen LogP contribution is 2.45. The van der Waals surface area contributed by atoms with Gasteiger partial charge in [-0.15, -0.1) is 0 Å². The second kappa shape index (κ2) is 7.07. The van der Waals surface area contributed by atoms with Gasteiger partial charge in [0.05, 0.1) is 16.3 Å². The van der Waals surface area contributed by atoms with E-state index in [-0.39, 0.29) is 11.1 Å². The lowest BCUT2D eigenvalue weighted by molar-refractivity contribution is 0.161. The van der Waals surface area contributed by atoms with Crippen molar-refractivity contribution in [2.45, 2.75) is 71.2 Å². The third kappa shape index (κ3) is 3.74. The molecule has 1 saturated heterocycles. The van der Waals surface area contributed by atoms with Gasteiger partial charge in [-0.25, -0.2) is 4.98 Å². The molecule has 0 radical (unpaired) electrons. The largest absolute Gasteiger partial charge is 0.487 e. The van der Waals surface area contributed by atoms with Gasteiger partial charge in [-0.1, -0.05) is 17.4 Å². The number of H-pyrrole nitrogens is 1. The van der Waals surface area contributed by atoms with Gasteiger partial charge >= 0.3 is 0 Å². The summed E-state index contributed by atoms with van der Waals surface area (Å²) in [6.07, 6.45) is 4.13. The van der Waals surface area contributed by atoms with Crippen molar-refractivity contribution in [3.63, 3.8) is 0 Å². The third-order valence-corrected chi connectivity index (χ3v) is 7.66. The molecule has 164 valence electrons. The SMILES string of the molecule is Cc1n[nH]cc1-c1ccc2c(c1)OCc1nc(N(C)C3CC(C)(C)NC(C)(C)C3)sc1-2. The summed E-state index contributed by atoms with van der Waals surface area (Å²) >= 11 is 1.78. The van der Waals surface area contributed by atoms with E-state index < -0.39 is 0 Å². The molecule has 2 N–H and O–H groups in total. The molecule has 0 saturated carbocycles. The van der Waals surface area contributed by atoms with Gasteiger partial charge in [0.2, 0.25) is 0 Å². The van der Waals surface area contributed by atoms with Crippen LogP contribution in [0.15, 0.2) is 24.4 Å². The smallest absolute Gasteiger partial charge is 0.186 e. The predicted molar refractivity (Wildman–Crippen MR) is 127 cm³/mol. The Morgan fingerprint density at radius 1 is 1.13 bits per heavy atom. The zero-order valence-corrected chi connectivity index (χ0v) is 20.0. The minimum atomic E-state index is 0.106. The van der Waals surface area contributed by atoms with Gasteiger partial charge in [0.1, 0.15) is 12.4 Å². The van der Waals surface area contributed by atoms with E-state index in [9.17, 15) is 0 Å². The molecule has 5 rings (SSSR count). The number of ether oxygens (including phenoxy) is 1. The topological polar surface area (TPSA) is 66.1 Å². The second-order valence-corrected chi connectivity index (χ2v) is 11.2. The number of rotatable bonds is 3. The summed E-state index contributed by atoms with van der Waals surface area (Å²) in [6, 6.07) is 6.88. The van der Waals surface area contributed by atoms with Crippen molar-refractivity contribution in [1.29, 1.82) is 0 Å². The average Bonchev–Trinajstić information content (AvgIpc) is 3.30. The van der Waals surface area contributed by atoms with Gasteiger partial charge in [-0.3, -0.25) is 5.10 Å². The number of benzene rings is 1. The summed E-state index contributed by atoms with van der Waals surface area (Å²) in [6.45, 7) is 11.7. The van der Waals surface area contributed by atoms with Gasteiger partial charge in [0.25, 0.3) is 0 Å². The molecule has 2 aliphatic rings. The van der Waals surface area contributed by atoms with Crippen molar-refractivity contribution in [3.8, 4) is 27.3 Å². The standard InChI is InChI=1S/C24H31N5OS/c1-14-18(12-25-27-14)15-7-8-17-20(9-15)30-13-19-21(17)31-22(26-19)29(6)16-10-23(2,3)28-24(4,5)11-16/h7-9,12,16,28H,10-11,13H2,1-6H3,(H,25,27). The lowest BCUT2D eigenvalue weighted by Gasteiger charge is -2.48. The molecule has 0 aliphatic carbocycles. The summed E-state index contributed by atoms with van der Waals surface area (Å²) < 4.78 is 6.12. The van der Waals surface area contributed by atoms with Crippen LogP contribution in [-0.4, -0.2) is 39.3 Å². The number of aryl methyl sites for hydroxylation is 1. The predicted octanol–water partition coefficient (Wildman–Crippen LogP) is 5.15. The molecule has 0 bridgehead atoms. The average molecular weight is 438 g/mol. The Hall–Kier alpha value is -2.38. The fourth-order valence-electron chi connectivity index (χ4n) is 5.29. The number of aromatic amines is 1. The molecule has 0 spiro atoms. The molecular weight excluding hydrogens is 406 g/mol. The fraction of sp³-hybridized carbons (Fsp3) is 0.500. The number of fused-ring (bicyclic) bond motifs is 3. The molecular formula is C24H31N5OS. The van der Waals surface area contributed by atoms with Gasteiger partial charge < -0.3 is 15.0 Å². The molecule has 1 fully saturated rings. The second-order valence-electron chi connectivity index (χ2n) is 10.2. The number of nitrogens with one attached hydrogen (secondary N) is 2. The van der Waals surface area contributed by atoms with E-state index in [1.165, 1.54) is 4.88 Å². The Balaban J connectivity index is 1.45. The maximum Gasteiger partial charge on any atom is 0.186 e. The molecule has 2 aliphatic heterocycles. The lowest BCUT2D eigenvalue weighted by atomic mass is 9.79. The molecule has 6 nitrogen and oxygen atoms in total. The summed E-state index contributed by atoms with van der Waals surface area (Å²) in [4.78, 5) is 8.60. The summed E-state index contributed by atoms with van der Waals surface area (Å²) in [5.74, 6) is 0.924. The monoisotopic (exact) mass is 437 g/mol. The Kier molecular flexibility index (Phi) is 4.68. The van der Waals surface area contributed by atoms with Crippen LogP contribution in [0.2, 0.25) is 0 Å². The zero-order chi connectivity index (χ0) is 22.0. The van der Waals surface area contributed by atoms with Gasteiger partial charge in [0, 0.05) is 41.5 Å². The number of thiazole rings is 1. The summed E-state index contributed by atoms with van der Waals surface area (Å²) in [5.41, 5.74) is 5.61. The molecule has 4 heterocycles. The lowest BCUT2D eigenvalue weighted by Crippen LogP contribution is -2.61. The highest BCUT2D eigenvalue weighted by atomic mass is 32.1. The van der Waals surface area contributed by atoms with E-state index in [1.807, 2.05) is 13.1 Å². The van der Waals surface area contributed by atoms with Gasteiger partial charge in [-0.2, -0.15) is 5.10 Å². The summed E-state index contributed by atoms with van der Waals surface area (Å²) in [5, 5.41) is 12.0. The fourth-order valence-corrected chi connectivity index (χ4v) is 6.42. The molecule has 0 unspecified atom stereocenters. The Morgan fingerprint density at radius 2 is 1.87 bits per heavy atom. The van der Waals surface area contributed by atoms with Crippen molar-refractivity contribution in [2.24, 2.45) is 0 Å². The van der Waals surface area contributed by atoms with Crippen molar-refractivity contribution in [1.82, 2.24) is 20.5 Å². The number of hydrogen-bond acceptors (Lipinski definition) is 6. The van der Waals surface area contributed by atoms with Crippen LogP contribution in [0, 0.1) is 6.92 Å². The first-order valence-corrected chi connectivity index (χ1v) is 11.7. The highest BCUT2D eigenvalue weighted by molar-refractivity contribution is 7.19. The molecule has 0 amide bonds. The maximum absolute atomic E-state index is 6.12. The Labute approximate surface area is 188 Å². The number of aromatic nitrogens is 3. The number of hydrogen-bond donors (Lipinski definition) is 2. The minimum Gasteiger partial charge on any atom is -0.487 e. The first-order valence-electron chi connectivity index (χ1n) is 10.9. The normalized spacial score (nSPS) is 19.4. The van der Waals surface area contributed by atoms with E-state index in [1.54, 1.807) is 11.3 Å². The maximum atomic E-state index is 6.12. The van der Waals surface area contributed by atoms with Crippen molar-refractivity contribution in [3.05, 3.63) is 35.8 Å². The van der Waals surface area contributed by atoms with E-state index in [4.69, 9.17) is 9.72 Å². The van der Waals surface area contributed by atoms with E-state index >= 15 is 0 Å².